The Balaban J connectivity index is 1.35. The number of rotatable bonds is 15. The molecule has 10 nitrogen and oxygen atoms in total. The lowest BCUT2D eigenvalue weighted by Crippen LogP contribution is -2.46. The Bertz CT molecular complexity index is 1340. The minimum Gasteiger partial charge on any atom is -0.457 e. The molecule has 3 aromatic carbocycles. The Morgan fingerprint density at radius 2 is 1.43 bits per heavy atom. The summed E-state index contributed by atoms with van der Waals surface area (Å²) in [4.78, 5) is 48.6. The van der Waals surface area contributed by atoms with Gasteiger partial charge in [0.15, 0.2) is 0 Å². The zero-order valence-corrected chi connectivity index (χ0v) is 23.8. The van der Waals surface area contributed by atoms with Gasteiger partial charge < -0.3 is 30.9 Å². The second kappa shape index (κ2) is 15.5. The molecule has 1 atom stereocenters. The van der Waals surface area contributed by atoms with E-state index in [1.165, 1.54) is 13.8 Å². The minimum atomic E-state index is -1.45. The number of ether oxygens (including phenoxy) is 1. The van der Waals surface area contributed by atoms with Crippen molar-refractivity contribution in [2.45, 2.75) is 45.8 Å². The molecule has 3 aromatic rings. The maximum absolute atomic E-state index is 12.4. The highest BCUT2D eigenvalue weighted by atomic mass is 16.5. The van der Waals surface area contributed by atoms with Gasteiger partial charge in [-0.2, -0.15) is 0 Å². The monoisotopic (exact) mass is 575 g/mol. The number of aryl methyl sites for hydroxylation is 1. The second-order valence-corrected chi connectivity index (χ2v) is 10.5. The number of aliphatic hydroxyl groups is 2. The van der Waals surface area contributed by atoms with Crippen molar-refractivity contribution in [3.63, 3.8) is 0 Å². The first-order valence-electron chi connectivity index (χ1n) is 13.7. The third-order valence-corrected chi connectivity index (χ3v) is 6.53. The van der Waals surface area contributed by atoms with Crippen LogP contribution in [0.4, 0.5) is 5.69 Å². The lowest BCUT2D eigenvalue weighted by Gasteiger charge is -2.27. The van der Waals surface area contributed by atoms with Crippen LogP contribution in [-0.2, 0) is 32.1 Å². The summed E-state index contributed by atoms with van der Waals surface area (Å²) in [5.41, 5.74) is 1.32. The van der Waals surface area contributed by atoms with Crippen LogP contribution in [0.15, 0.2) is 78.9 Å². The fourth-order valence-corrected chi connectivity index (χ4v) is 3.77. The SMILES string of the molecule is CC(C)(CO)C(O)C(=O)NCCC(=O)C(=O)NCc1ccc(NC(=O)CCc2ccc(Oc3ccccc3)cc2)cc1. The van der Waals surface area contributed by atoms with Gasteiger partial charge in [-0.25, -0.2) is 0 Å². The summed E-state index contributed by atoms with van der Waals surface area (Å²) < 4.78 is 5.79. The van der Waals surface area contributed by atoms with Crippen LogP contribution in [0.3, 0.4) is 0 Å². The van der Waals surface area contributed by atoms with Gasteiger partial charge in [0.05, 0.1) is 6.61 Å². The predicted molar refractivity (Wildman–Crippen MR) is 158 cm³/mol. The number of para-hydroxylation sites is 1. The van der Waals surface area contributed by atoms with Crippen molar-refractivity contribution in [1.29, 1.82) is 0 Å². The maximum atomic E-state index is 12.4. The van der Waals surface area contributed by atoms with Crippen molar-refractivity contribution in [1.82, 2.24) is 10.6 Å². The molecule has 0 fully saturated rings. The van der Waals surface area contributed by atoms with Gasteiger partial charge in [-0.15, -0.1) is 0 Å². The quantitative estimate of drug-likeness (QED) is 0.175. The number of hydrogen-bond acceptors (Lipinski definition) is 7. The first-order valence-corrected chi connectivity index (χ1v) is 13.7. The number of ketones is 1. The van der Waals surface area contributed by atoms with Crippen molar-refractivity contribution < 1.29 is 34.1 Å². The number of carbonyl (C=O) groups is 4. The number of anilines is 1. The fraction of sp³-hybridized carbons (Fsp3) is 0.312. The van der Waals surface area contributed by atoms with E-state index in [2.05, 4.69) is 16.0 Å². The standard InChI is InChI=1S/C32H37N3O7/c1-32(2,21-36)29(39)31(41)33-19-18-27(37)30(40)34-20-23-8-13-24(14-9-23)35-28(38)17-12-22-10-15-26(16-11-22)42-25-6-4-3-5-7-25/h3-11,13-16,29,36,39H,12,17-21H2,1-2H3,(H,33,41)(H,34,40)(H,35,38). The van der Waals surface area contributed by atoms with Gasteiger partial charge in [0, 0.05) is 37.0 Å². The molecule has 42 heavy (non-hydrogen) atoms. The summed E-state index contributed by atoms with van der Waals surface area (Å²) in [5.74, 6) is -0.889. The number of hydrogen-bond donors (Lipinski definition) is 5. The Morgan fingerprint density at radius 3 is 2.07 bits per heavy atom. The first kappa shape index (κ1) is 32.0. The summed E-state index contributed by atoms with van der Waals surface area (Å²) in [6, 6.07) is 24.0. The first-order chi connectivity index (χ1) is 20.1. The molecule has 3 amide bonds. The van der Waals surface area contributed by atoms with E-state index in [1.54, 1.807) is 24.3 Å². The summed E-state index contributed by atoms with van der Waals surface area (Å²) >= 11 is 0. The summed E-state index contributed by atoms with van der Waals surface area (Å²) in [7, 11) is 0. The molecule has 10 heteroatoms. The van der Waals surface area contributed by atoms with Crippen LogP contribution in [0.25, 0.3) is 0 Å². The smallest absolute Gasteiger partial charge is 0.287 e. The summed E-state index contributed by atoms with van der Waals surface area (Å²) in [6.07, 6.45) is -0.810. The normalized spacial score (nSPS) is 11.7. The molecule has 3 rings (SSSR count). The molecule has 0 aliphatic rings. The zero-order valence-electron chi connectivity index (χ0n) is 23.8. The molecule has 0 bridgehead atoms. The molecular formula is C32H37N3O7. The van der Waals surface area contributed by atoms with Crippen LogP contribution < -0.4 is 20.7 Å². The van der Waals surface area contributed by atoms with Crippen molar-refractivity contribution >= 4 is 29.2 Å². The number of nitrogens with one attached hydrogen (secondary N) is 3. The molecule has 1 unspecified atom stereocenters. The van der Waals surface area contributed by atoms with E-state index >= 15 is 0 Å². The number of aliphatic hydroxyl groups excluding tert-OH is 2. The van der Waals surface area contributed by atoms with Gasteiger partial charge in [-0.3, -0.25) is 19.2 Å². The van der Waals surface area contributed by atoms with E-state index in [0.29, 0.717) is 18.5 Å². The number of amides is 3. The highest BCUT2D eigenvalue weighted by Crippen LogP contribution is 2.22. The van der Waals surface area contributed by atoms with E-state index in [-0.39, 0.29) is 25.4 Å². The molecule has 0 aromatic heterocycles. The molecular weight excluding hydrogens is 538 g/mol. The van der Waals surface area contributed by atoms with Crippen molar-refractivity contribution in [3.05, 3.63) is 90.0 Å². The van der Waals surface area contributed by atoms with Gasteiger partial charge in [-0.05, 0) is 53.9 Å². The minimum absolute atomic E-state index is 0.110. The lowest BCUT2D eigenvalue weighted by molar-refractivity contribution is -0.139. The molecule has 5 N–H and O–H groups in total. The largest absolute Gasteiger partial charge is 0.457 e. The average molecular weight is 576 g/mol. The maximum Gasteiger partial charge on any atom is 0.287 e. The third-order valence-electron chi connectivity index (χ3n) is 6.53. The Morgan fingerprint density at radius 1 is 0.810 bits per heavy atom. The van der Waals surface area contributed by atoms with E-state index in [0.717, 1.165) is 22.6 Å². The lowest BCUT2D eigenvalue weighted by atomic mass is 9.87. The average Bonchev–Trinajstić information content (AvgIpc) is 3.00. The number of benzene rings is 3. The molecule has 0 saturated heterocycles. The van der Waals surface area contributed by atoms with Gasteiger partial charge in [0.1, 0.15) is 17.6 Å². The van der Waals surface area contributed by atoms with Crippen LogP contribution in [0.1, 0.15) is 37.8 Å². The Labute approximate surface area is 245 Å². The van der Waals surface area contributed by atoms with Crippen LogP contribution in [0.5, 0.6) is 11.5 Å². The number of Topliss-reactive ketones (excluding diaryl/α,β-unsaturated/α-hetero) is 1. The topological polar surface area (TPSA) is 154 Å². The van der Waals surface area contributed by atoms with Crippen LogP contribution in [-0.4, -0.2) is 53.0 Å². The van der Waals surface area contributed by atoms with Crippen LogP contribution in [0.2, 0.25) is 0 Å². The van der Waals surface area contributed by atoms with E-state index < -0.39 is 35.7 Å². The fourth-order valence-electron chi connectivity index (χ4n) is 3.77. The van der Waals surface area contributed by atoms with Gasteiger partial charge in [0.2, 0.25) is 17.6 Å². The van der Waals surface area contributed by atoms with Gasteiger partial charge in [0.25, 0.3) is 5.91 Å². The van der Waals surface area contributed by atoms with Crippen molar-refractivity contribution in [3.8, 4) is 11.5 Å². The Kier molecular flexibility index (Phi) is 11.8. The molecule has 0 saturated carbocycles. The molecule has 0 aliphatic heterocycles. The van der Waals surface area contributed by atoms with Gasteiger partial charge >= 0.3 is 0 Å². The molecule has 0 heterocycles. The van der Waals surface area contributed by atoms with E-state index in [9.17, 15) is 29.4 Å². The van der Waals surface area contributed by atoms with Crippen molar-refractivity contribution in [2.24, 2.45) is 5.41 Å². The summed E-state index contributed by atoms with van der Waals surface area (Å²) in [6.45, 7) is 2.66. The number of carbonyl (C=O) groups excluding carboxylic acids is 4. The molecule has 0 aliphatic carbocycles. The predicted octanol–water partition coefficient (Wildman–Crippen LogP) is 3.12. The van der Waals surface area contributed by atoms with Crippen LogP contribution in [0, 0.1) is 5.41 Å². The van der Waals surface area contributed by atoms with E-state index in [1.807, 2.05) is 54.6 Å². The van der Waals surface area contributed by atoms with Crippen LogP contribution >= 0.6 is 0 Å². The van der Waals surface area contributed by atoms with E-state index in [4.69, 9.17) is 4.74 Å². The zero-order chi connectivity index (χ0) is 30.5. The molecule has 0 radical (unpaired) electrons. The Hall–Kier alpha value is -4.54. The van der Waals surface area contributed by atoms with Crippen molar-refractivity contribution in [2.75, 3.05) is 18.5 Å². The molecule has 222 valence electrons. The summed E-state index contributed by atoms with van der Waals surface area (Å²) in [5, 5.41) is 27.0. The highest BCUT2D eigenvalue weighted by molar-refractivity contribution is 6.36. The molecule has 0 spiro atoms. The third kappa shape index (κ3) is 10.1. The van der Waals surface area contributed by atoms with Gasteiger partial charge in [-0.1, -0.05) is 56.3 Å². The highest BCUT2D eigenvalue weighted by Gasteiger charge is 2.32. The second-order valence-electron chi connectivity index (χ2n) is 10.5.